The van der Waals surface area contributed by atoms with Crippen LogP contribution in [0.2, 0.25) is 5.02 Å². The molecule has 3 heterocycles. The smallest absolute Gasteiger partial charge is 0.289 e. The molecule has 26 heavy (non-hydrogen) atoms. The molecule has 0 bridgehead atoms. The van der Waals surface area contributed by atoms with Crippen LogP contribution in [-0.4, -0.2) is 51.9 Å². The molecule has 8 heteroatoms. The summed E-state index contributed by atoms with van der Waals surface area (Å²) in [7, 11) is 0. The minimum absolute atomic E-state index is 0.0937. The van der Waals surface area contributed by atoms with Crippen molar-refractivity contribution in [2.24, 2.45) is 0 Å². The van der Waals surface area contributed by atoms with Crippen LogP contribution in [-0.2, 0) is 6.54 Å². The molecule has 2 aromatic heterocycles. The van der Waals surface area contributed by atoms with Crippen LogP contribution in [0.3, 0.4) is 0 Å². The zero-order chi connectivity index (χ0) is 18.1. The zero-order valence-corrected chi connectivity index (χ0v) is 14.7. The first-order chi connectivity index (χ1) is 12.6. The van der Waals surface area contributed by atoms with Gasteiger partial charge >= 0.3 is 0 Å². The molecule has 0 unspecified atom stereocenters. The topological polar surface area (TPSA) is 82.4 Å². The molecule has 1 aliphatic heterocycles. The summed E-state index contributed by atoms with van der Waals surface area (Å²) in [5, 5.41) is 0.991. The lowest BCUT2D eigenvalue weighted by Gasteiger charge is -2.33. The van der Waals surface area contributed by atoms with E-state index in [1.54, 1.807) is 35.2 Å². The summed E-state index contributed by atoms with van der Waals surface area (Å²) in [6.07, 6.45) is 1.50. The predicted molar refractivity (Wildman–Crippen MR) is 97.3 cm³/mol. The average molecular weight is 373 g/mol. The number of fused-ring (bicyclic) bond motifs is 1. The van der Waals surface area contributed by atoms with E-state index < -0.39 is 0 Å². The van der Waals surface area contributed by atoms with Crippen LogP contribution in [0.1, 0.15) is 16.4 Å². The Balaban J connectivity index is 1.43. The first-order valence-corrected chi connectivity index (χ1v) is 8.71. The fourth-order valence-corrected chi connectivity index (χ4v) is 3.28. The van der Waals surface area contributed by atoms with Crippen molar-refractivity contribution in [3.63, 3.8) is 0 Å². The number of H-pyrrole nitrogens is 1. The lowest BCUT2D eigenvalue weighted by Crippen LogP contribution is -2.48. The van der Waals surface area contributed by atoms with E-state index in [1.165, 1.54) is 6.26 Å². The van der Waals surface area contributed by atoms with Crippen LogP contribution in [0.5, 0.6) is 0 Å². The third-order valence-electron chi connectivity index (χ3n) is 4.48. The number of furan rings is 1. The van der Waals surface area contributed by atoms with Gasteiger partial charge in [0.1, 0.15) is 5.82 Å². The minimum Gasteiger partial charge on any atom is -0.459 e. The molecule has 1 aromatic carbocycles. The van der Waals surface area contributed by atoms with Crippen molar-refractivity contribution in [3.05, 3.63) is 63.6 Å². The SMILES string of the molecule is O=C(c1ccco1)N1CCN(Cc2nc3ccc(Cl)cc3c(=O)[nH]2)CC1. The lowest BCUT2D eigenvalue weighted by molar-refractivity contribution is 0.0595. The van der Waals surface area contributed by atoms with Crippen LogP contribution < -0.4 is 5.56 Å². The molecule has 1 fully saturated rings. The molecule has 0 atom stereocenters. The highest BCUT2D eigenvalue weighted by Crippen LogP contribution is 2.15. The number of carbonyl (C=O) groups is 1. The average Bonchev–Trinajstić information content (AvgIpc) is 3.17. The number of halogens is 1. The highest BCUT2D eigenvalue weighted by Gasteiger charge is 2.24. The van der Waals surface area contributed by atoms with Crippen molar-refractivity contribution in [2.75, 3.05) is 26.2 Å². The van der Waals surface area contributed by atoms with E-state index in [-0.39, 0.29) is 11.5 Å². The van der Waals surface area contributed by atoms with E-state index in [2.05, 4.69) is 14.9 Å². The van der Waals surface area contributed by atoms with E-state index in [0.29, 0.717) is 60.2 Å². The van der Waals surface area contributed by atoms with E-state index >= 15 is 0 Å². The van der Waals surface area contributed by atoms with Gasteiger partial charge in [-0.3, -0.25) is 14.5 Å². The monoisotopic (exact) mass is 372 g/mol. The van der Waals surface area contributed by atoms with Gasteiger partial charge in [0.05, 0.1) is 23.7 Å². The number of hydrogen-bond donors (Lipinski definition) is 1. The number of nitrogens with zero attached hydrogens (tertiary/aromatic N) is 3. The van der Waals surface area contributed by atoms with Crippen LogP contribution in [0.25, 0.3) is 10.9 Å². The third-order valence-corrected chi connectivity index (χ3v) is 4.72. The van der Waals surface area contributed by atoms with E-state index in [9.17, 15) is 9.59 Å². The second kappa shape index (κ2) is 6.93. The van der Waals surface area contributed by atoms with Crippen LogP contribution >= 0.6 is 11.6 Å². The summed E-state index contributed by atoms with van der Waals surface area (Å²) in [4.78, 5) is 35.8. The van der Waals surface area contributed by atoms with Crippen LogP contribution in [0.4, 0.5) is 0 Å². The maximum absolute atomic E-state index is 12.3. The molecule has 4 rings (SSSR count). The van der Waals surface area contributed by atoms with E-state index in [4.69, 9.17) is 16.0 Å². The summed E-state index contributed by atoms with van der Waals surface area (Å²) in [6.45, 7) is 3.14. The van der Waals surface area contributed by atoms with Crippen molar-refractivity contribution in [3.8, 4) is 0 Å². The standard InChI is InChI=1S/C18H17ClN4O3/c19-12-3-4-14-13(10-12)17(24)21-16(20-14)11-22-5-7-23(8-6-22)18(25)15-2-1-9-26-15/h1-4,9-10H,5-8,11H2,(H,20,21,24). The minimum atomic E-state index is -0.195. The second-order valence-corrected chi connectivity index (χ2v) is 6.66. The molecule has 0 saturated carbocycles. The highest BCUT2D eigenvalue weighted by atomic mass is 35.5. The van der Waals surface area contributed by atoms with Gasteiger partial charge in [-0.2, -0.15) is 0 Å². The Labute approximate surface area is 154 Å². The number of piperazine rings is 1. The number of aromatic nitrogens is 2. The highest BCUT2D eigenvalue weighted by molar-refractivity contribution is 6.31. The Hall–Kier alpha value is -2.64. The number of nitrogens with one attached hydrogen (secondary N) is 1. The Bertz CT molecular complexity index is 991. The summed E-state index contributed by atoms with van der Waals surface area (Å²) in [5.41, 5.74) is 0.430. The van der Waals surface area contributed by atoms with Gasteiger partial charge in [0.25, 0.3) is 11.5 Å². The van der Waals surface area contributed by atoms with Crippen molar-refractivity contribution in [2.45, 2.75) is 6.54 Å². The van der Waals surface area contributed by atoms with Gasteiger partial charge in [0.15, 0.2) is 5.76 Å². The van der Waals surface area contributed by atoms with Gasteiger partial charge in [0.2, 0.25) is 0 Å². The van der Waals surface area contributed by atoms with Crippen molar-refractivity contribution >= 4 is 28.4 Å². The predicted octanol–water partition coefficient (Wildman–Crippen LogP) is 2.13. The van der Waals surface area contributed by atoms with Gasteiger partial charge < -0.3 is 14.3 Å². The molecule has 3 aromatic rings. The third kappa shape index (κ3) is 3.36. The summed E-state index contributed by atoms with van der Waals surface area (Å²) >= 11 is 5.93. The summed E-state index contributed by atoms with van der Waals surface area (Å²) < 4.78 is 5.17. The molecular formula is C18H17ClN4O3. The van der Waals surface area contributed by atoms with Crippen LogP contribution in [0, 0.1) is 0 Å². The Kier molecular flexibility index (Phi) is 4.48. The normalized spacial score (nSPS) is 15.5. The molecule has 1 amide bonds. The molecule has 1 aliphatic rings. The van der Waals surface area contributed by atoms with Gasteiger partial charge in [-0.15, -0.1) is 0 Å². The molecular weight excluding hydrogens is 356 g/mol. The number of aromatic amines is 1. The maximum atomic E-state index is 12.3. The van der Waals surface area contributed by atoms with Gasteiger partial charge in [-0.25, -0.2) is 4.98 Å². The number of amides is 1. The Morgan fingerprint density at radius 1 is 1.23 bits per heavy atom. The van der Waals surface area contributed by atoms with Gasteiger partial charge in [0, 0.05) is 31.2 Å². The maximum Gasteiger partial charge on any atom is 0.289 e. The first kappa shape index (κ1) is 16.8. The number of rotatable bonds is 3. The van der Waals surface area contributed by atoms with E-state index in [1.807, 2.05) is 0 Å². The molecule has 134 valence electrons. The fraction of sp³-hybridized carbons (Fsp3) is 0.278. The summed E-state index contributed by atoms with van der Waals surface area (Å²) in [6, 6.07) is 8.46. The number of carbonyl (C=O) groups excluding carboxylic acids is 1. The Morgan fingerprint density at radius 2 is 2.04 bits per heavy atom. The Morgan fingerprint density at radius 3 is 2.77 bits per heavy atom. The van der Waals surface area contributed by atoms with Gasteiger partial charge in [-0.05, 0) is 30.3 Å². The van der Waals surface area contributed by atoms with Crippen molar-refractivity contribution < 1.29 is 9.21 Å². The van der Waals surface area contributed by atoms with Crippen LogP contribution in [0.15, 0.2) is 45.8 Å². The van der Waals surface area contributed by atoms with E-state index in [0.717, 1.165) is 0 Å². The molecule has 0 aliphatic carbocycles. The van der Waals surface area contributed by atoms with Crippen molar-refractivity contribution in [1.82, 2.24) is 19.8 Å². The molecule has 0 spiro atoms. The zero-order valence-electron chi connectivity index (χ0n) is 13.9. The fourth-order valence-electron chi connectivity index (χ4n) is 3.11. The van der Waals surface area contributed by atoms with Gasteiger partial charge in [-0.1, -0.05) is 11.6 Å². The number of hydrogen-bond acceptors (Lipinski definition) is 5. The second-order valence-electron chi connectivity index (χ2n) is 6.22. The first-order valence-electron chi connectivity index (χ1n) is 8.34. The summed E-state index contributed by atoms with van der Waals surface area (Å²) in [5.74, 6) is 0.872. The molecule has 0 radical (unpaired) electrons. The largest absolute Gasteiger partial charge is 0.459 e. The van der Waals surface area contributed by atoms with Crippen molar-refractivity contribution in [1.29, 1.82) is 0 Å². The molecule has 1 N–H and O–H groups in total. The molecule has 7 nitrogen and oxygen atoms in total. The number of benzene rings is 1. The molecule has 1 saturated heterocycles. The lowest BCUT2D eigenvalue weighted by atomic mass is 10.2. The quantitative estimate of drug-likeness (QED) is 0.761.